The fourth-order valence-corrected chi connectivity index (χ4v) is 2.95. The Morgan fingerprint density at radius 3 is 2.82 bits per heavy atom. The summed E-state index contributed by atoms with van der Waals surface area (Å²) in [4.78, 5) is 19.6. The van der Waals surface area contributed by atoms with Gasteiger partial charge in [-0.2, -0.15) is 10.1 Å². The highest BCUT2D eigenvalue weighted by atomic mass is 19.1. The van der Waals surface area contributed by atoms with Crippen LogP contribution >= 0.6 is 0 Å². The van der Waals surface area contributed by atoms with Gasteiger partial charge in [0, 0.05) is 19.2 Å². The number of hydrogen-bond acceptors (Lipinski definition) is 5. The zero-order valence-electron chi connectivity index (χ0n) is 15.1. The van der Waals surface area contributed by atoms with E-state index < -0.39 is 0 Å². The third kappa shape index (κ3) is 3.49. The van der Waals surface area contributed by atoms with Crippen LogP contribution in [0, 0.1) is 5.82 Å². The minimum Gasteiger partial charge on any atom is -0.380 e. The summed E-state index contributed by atoms with van der Waals surface area (Å²) in [6.07, 6.45) is 1.49. The van der Waals surface area contributed by atoms with Crippen LogP contribution in [0.4, 0.5) is 10.3 Å². The maximum absolute atomic E-state index is 13.7. The second kappa shape index (κ2) is 7.61. The maximum Gasteiger partial charge on any atom is 0.263 e. The van der Waals surface area contributed by atoms with Crippen molar-refractivity contribution in [1.82, 2.24) is 19.7 Å². The molecule has 0 aliphatic carbocycles. The molecule has 142 valence electrons. The Bertz CT molecular complexity index is 1170. The largest absolute Gasteiger partial charge is 0.380 e. The molecular weight excluding hydrogens is 361 g/mol. The zero-order valence-corrected chi connectivity index (χ0v) is 15.1. The molecular formula is C20H18FN5O2. The lowest BCUT2D eigenvalue weighted by atomic mass is 10.1. The van der Waals surface area contributed by atoms with Crippen molar-refractivity contribution in [3.8, 4) is 5.69 Å². The van der Waals surface area contributed by atoms with Crippen LogP contribution in [-0.2, 0) is 17.9 Å². The quantitative estimate of drug-likeness (QED) is 0.538. The fourth-order valence-electron chi connectivity index (χ4n) is 2.95. The van der Waals surface area contributed by atoms with Crippen LogP contribution in [0.2, 0.25) is 0 Å². The predicted octanol–water partition coefficient (Wildman–Crippen LogP) is 3.01. The number of aromatic nitrogens is 4. The van der Waals surface area contributed by atoms with Gasteiger partial charge >= 0.3 is 0 Å². The van der Waals surface area contributed by atoms with Crippen molar-refractivity contribution in [2.75, 3.05) is 12.4 Å². The summed E-state index contributed by atoms with van der Waals surface area (Å²) in [5, 5.41) is 7.76. The number of aromatic amines is 1. The van der Waals surface area contributed by atoms with Crippen LogP contribution in [0.15, 0.2) is 59.5 Å². The van der Waals surface area contributed by atoms with Crippen molar-refractivity contribution in [3.63, 3.8) is 0 Å². The Morgan fingerprint density at radius 1 is 1.21 bits per heavy atom. The zero-order chi connectivity index (χ0) is 19.5. The lowest BCUT2D eigenvalue weighted by Gasteiger charge is -2.09. The summed E-state index contributed by atoms with van der Waals surface area (Å²) in [6, 6.07) is 14.3. The number of hydrogen-bond donors (Lipinski definition) is 2. The van der Waals surface area contributed by atoms with Crippen LogP contribution < -0.4 is 10.9 Å². The molecule has 0 fully saturated rings. The molecule has 28 heavy (non-hydrogen) atoms. The van der Waals surface area contributed by atoms with Gasteiger partial charge < -0.3 is 10.1 Å². The van der Waals surface area contributed by atoms with Gasteiger partial charge in [-0.1, -0.05) is 24.3 Å². The van der Waals surface area contributed by atoms with E-state index in [0.29, 0.717) is 29.1 Å². The number of nitrogens with zero attached hydrogens (tertiary/aromatic N) is 3. The van der Waals surface area contributed by atoms with E-state index in [9.17, 15) is 9.18 Å². The number of fused-ring (bicyclic) bond motifs is 1. The summed E-state index contributed by atoms with van der Waals surface area (Å²) in [5.41, 5.74) is 2.29. The molecule has 0 aliphatic rings. The highest BCUT2D eigenvalue weighted by Gasteiger charge is 2.11. The second-order valence-corrected chi connectivity index (χ2v) is 6.26. The van der Waals surface area contributed by atoms with Crippen molar-refractivity contribution >= 4 is 17.0 Å². The molecule has 2 N–H and O–H groups in total. The maximum atomic E-state index is 13.7. The van der Waals surface area contributed by atoms with Gasteiger partial charge in [0.1, 0.15) is 11.2 Å². The number of H-pyrrole nitrogens is 1. The lowest BCUT2D eigenvalue weighted by molar-refractivity contribution is 0.181. The van der Waals surface area contributed by atoms with E-state index in [0.717, 1.165) is 11.3 Å². The molecule has 2 aromatic carbocycles. The molecule has 0 saturated carbocycles. The summed E-state index contributed by atoms with van der Waals surface area (Å²) < 4.78 is 20.4. The third-order valence-corrected chi connectivity index (χ3v) is 4.31. The molecule has 2 aromatic heterocycles. The van der Waals surface area contributed by atoms with Crippen LogP contribution in [0.25, 0.3) is 16.7 Å². The van der Waals surface area contributed by atoms with Crippen molar-refractivity contribution < 1.29 is 9.13 Å². The Labute approximate surface area is 159 Å². The molecule has 0 unspecified atom stereocenters. The van der Waals surface area contributed by atoms with E-state index in [4.69, 9.17) is 4.74 Å². The molecule has 0 radical (unpaired) electrons. The Hall–Kier alpha value is -3.52. The number of methoxy groups -OCH3 is 1. The number of anilines is 1. The number of benzene rings is 2. The molecule has 0 amide bonds. The van der Waals surface area contributed by atoms with Gasteiger partial charge in [-0.25, -0.2) is 9.07 Å². The standard InChI is InChI=1S/C20H18FN5O2/c1-28-12-14-9-13(7-8-17(14)21)10-22-20-24-18-16(19(27)25-20)11-23-26(18)15-5-3-2-4-6-15/h2-9,11H,10,12H2,1H3,(H2,22,24,25,27). The first-order valence-corrected chi connectivity index (χ1v) is 8.69. The topological polar surface area (TPSA) is 84.8 Å². The highest BCUT2D eigenvalue weighted by molar-refractivity contribution is 5.76. The van der Waals surface area contributed by atoms with Crippen LogP contribution in [0.5, 0.6) is 0 Å². The summed E-state index contributed by atoms with van der Waals surface area (Å²) in [6.45, 7) is 0.557. The molecule has 4 rings (SSSR count). The molecule has 0 atom stereocenters. The van der Waals surface area contributed by atoms with Gasteiger partial charge in [0.25, 0.3) is 5.56 Å². The first kappa shape index (κ1) is 17.9. The van der Waals surface area contributed by atoms with Gasteiger partial charge in [-0.3, -0.25) is 9.78 Å². The van der Waals surface area contributed by atoms with E-state index in [-0.39, 0.29) is 18.0 Å². The molecule has 2 heterocycles. The van der Waals surface area contributed by atoms with Crippen LogP contribution in [0.3, 0.4) is 0 Å². The summed E-state index contributed by atoms with van der Waals surface area (Å²) in [5.74, 6) is -0.00175. The van der Waals surface area contributed by atoms with Gasteiger partial charge in [0.15, 0.2) is 5.65 Å². The van der Waals surface area contributed by atoms with E-state index in [2.05, 4.69) is 20.4 Å². The molecule has 8 heteroatoms. The van der Waals surface area contributed by atoms with Gasteiger partial charge in [0.05, 0.1) is 18.5 Å². The molecule has 0 saturated heterocycles. The minimum atomic E-state index is -0.315. The first-order chi connectivity index (χ1) is 13.7. The Balaban J connectivity index is 1.63. The number of rotatable bonds is 6. The smallest absolute Gasteiger partial charge is 0.263 e. The first-order valence-electron chi connectivity index (χ1n) is 8.69. The second-order valence-electron chi connectivity index (χ2n) is 6.26. The molecule has 7 nitrogen and oxygen atoms in total. The average Bonchev–Trinajstić information content (AvgIpc) is 3.14. The van der Waals surface area contributed by atoms with Gasteiger partial charge in [0.2, 0.25) is 5.95 Å². The third-order valence-electron chi connectivity index (χ3n) is 4.31. The van der Waals surface area contributed by atoms with Crippen molar-refractivity contribution in [2.24, 2.45) is 0 Å². The van der Waals surface area contributed by atoms with Crippen molar-refractivity contribution in [3.05, 3.63) is 82.0 Å². The molecule has 4 aromatic rings. The number of ether oxygens (including phenoxy) is 1. The van der Waals surface area contributed by atoms with Gasteiger partial charge in [-0.15, -0.1) is 0 Å². The Morgan fingerprint density at radius 2 is 2.04 bits per heavy atom. The number of halogens is 1. The normalized spacial score (nSPS) is 11.1. The van der Waals surface area contributed by atoms with E-state index >= 15 is 0 Å². The minimum absolute atomic E-state index is 0.191. The van der Waals surface area contributed by atoms with E-state index in [1.165, 1.54) is 19.4 Å². The van der Waals surface area contributed by atoms with Gasteiger partial charge in [-0.05, 0) is 29.8 Å². The summed E-state index contributed by atoms with van der Waals surface area (Å²) >= 11 is 0. The predicted molar refractivity (Wildman–Crippen MR) is 104 cm³/mol. The Kier molecular flexibility index (Phi) is 4.86. The number of nitrogens with one attached hydrogen (secondary N) is 2. The molecule has 0 bridgehead atoms. The molecule has 0 aliphatic heterocycles. The highest BCUT2D eigenvalue weighted by Crippen LogP contribution is 2.16. The van der Waals surface area contributed by atoms with Crippen LogP contribution in [0.1, 0.15) is 11.1 Å². The van der Waals surface area contributed by atoms with E-state index in [1.807, 2.05) is 30.3 Å². The van der Waals surface area contributed by atoms with E-state index in [1.54, 1.807) is 16.8 Å². The average molecular weight is 379 g/mol. The monoisotopic (exact) mass is 379 g/mol. The molecule has 0 spiro atoms. The summed E-state index contributed by atoms with van der Waals surface area (Å²) in [7, 11) is 1.52. The lowest BCUT2D eigenvalue weighted by Crippen LogP contribution is -2.13. The van der Waals surface area contributed by atoms with Crippen molar-refractivity contribution in [2.45, 2.75) is 13.2 Å². The van der Waals surface area contributed by atoms with Crippen molar-refractivity contribution in [1.29, 1.82) is 0 Å². The SMILES string of the molecule is COCc1cc(CNc2nc3c(cnn3-c3ccccc3)c(=O)[nH]2)ccc1F. The van der Waals surface area contributed by atoms with Crippen LogP contribution in [-0.4, -0.2) is 26.9 Å². The fraction of sp³-hybridized carbons (Fsp3) is 0.150. The number of para-hydroxylation sites is 1.